The molecule has 0 rings (SSSR count). The summed E-state index contributed by atoms with van der Waals surface area (Å²) in [4.78, 5) is 69.5. The van der Waals surface area contributed by atoms with E-state index < -0.39 is 79.3 Å². The van der Waals surface area contributed by atoms with Gasteiger partial charge >= 0.3 is 5.97 Å². The molecule has 30 heavy (non-hydrogen) atoms. The third-order valence-corrected chi connectivity index (χ3v) is 3.68. The molecule has 0 aromatic carbocycles. The maximum atomic E-state index is 12.4. The summed E-state index contributed by atoms with van der Waals surface area (Å²) in [6, 6.07) is -6.14. The summed E-state index contributed by atoms with van der Waals surface area (Å²) in [5.41, 5.74) is 15.2. The van der Waals surface area contributed by atoms with Crippen LogP contribution in [-0.4, -0.2) is 88.2 Å². The normalized spacial score (nSPS) is 14.5. The molecule has 4 atom stereocenters. The second kappa shape index (κ2) is 13.0. The lowest BCUT2D eigenvalue weighted by Gasteiger charge is -2.23. The largest absolute Gasteiger partial charge is 0.480 e. The van der Waals surface area contributed by atoms with Crippen molar-refractivity contribution in [2.45, 2.75) is 43.4 Å². The fourth-order valence-corrected chi connectivity index (χ4v) is 2.06. The highest BCUT2D eigenvalue weighted by atomic mass is 16.4. The van der Waals surface area contributed by atoms with Crippen LogP contribution in [0, 0.1) is 0 Å². The third-order valence-electron chi connectivity index (χ3n) is 3.68. The van der Waals surface area contributed by atoms with Gasteiger partial charge in [0.05, 0.1) is 19.6 Å². The molecule has 0 spiro atoms. The van der Waals surface area contributed by atoms with E-state index in [1.165, 1.54) is 0 Å². The van der Waals surface area contributed by atoms with Crippen molar-refractivity contribution in [2.75, 3.05) is 13.2 Å². The summed E-state index contributed by atoms with van der Waals surface area (Å²) in [6.07, 6.45) is -1.46. The summed E-state index contributed by atoms with van der Waals surface area (Å²) in [5.74, 6) is -6.51. The van der Waals surface area contributed by atoms with E-state index in [4.69, 9.17) is 27.4 Å². The number of carbonyl (C=O) groups excluding carboxylic acids is 5. The van der Waals surface area contributed by atoms with Crippen LogP contribution in [0.2, 0.25) is 0 Å². The molecule has 0 radical (unpaired) electrons. The molecular formula is C15H26N6O9. The van der Waals surface area contributed by atoms with Crippen molar-refractivity contribution in [2.24, 2.45) is 17.2 Å². The molecule has 12 N–H and O–H groups in total. The van der Waals surface area contributed by atoms with Crippen LogP contribution in [0.25, 0.3) is 0 Å². The Kier molecular flexibility index (Phi) is 11.6. The Labute approximate surface area is 170 Å². The average Bonchev–Trinajstić information content (AvgIpc) is 2.66. The molecule has 0 heterocycles. The van der Waals surface area contributed by atoms with Gasteiger partial charge in [-0.25, -0.2) is 4.79 Å². The lowest BCUT2D eigenvalue weighted by Crippen LogP contribution is -2.58. The Morgan fingerprint density at radius 3 is 1.67 bits per heavy atom. The van der Waals surface area contributed by atoms with Gasteiger partial charge in [-0.3, -0.25) is 24.0 Å². The molecule has 170 valence electrons. The van der Waals surface area contributed by atoms with Crippen molar-refractivity contribution in [1.29, 1.82) is 0 Å². The SMILES string of the molecule is NC(=O)CCC(NC(=O)C(CO)NC(=O)C(N)CO)C(=O)NC(CC(N)=O)C(=O)O. The number of rotatable bonds is 14. The first kappa shape index (κ1) is 26.7. The fourth-order valence-electron chi connectivity index (χ4n) is 2.06. The van der Waals surface area contributed by atoms with Crippen LogP contribution in [0.4, 0.5) is 0 Å². The number of carboxylic acids is 1. The highest BCUT2D eigenvalue weighted by molar-refractivity contribution is 5.95. The fraction of sp³-hybridized carbons (Fsp3) is 0.600. The van der Waals surface area contributed by atoms with E-state index in [-0.39, 0.29) is 12.8 Å². The van der Waals surface area contributed by atoms with E-state index in [0.29, 0.717) is 0 Å². The molecule has 0 aliphatic rings. The van der Waals surface area contributed by atoms with Crippen molar-refractivity contribution in [1.82, 2.24) is 16.0 Å². The highest BCUT2D eigenvalue weighted by Gasteiger charge is 2.30. The molecule has 4 unspecified atom stereocenters. The zero-order valence-electron chi connectivity index (χ0n) is 15.9. The van der Waals surface area contributed by atoms with E-state index in [2.05, 4.69) is 5.32 Å². The second-order valence-corrected chi connectivity index (χ2v) is 6.17. The van der Waals surface area contributed by atoms with Crippen molar-refractivity contribution < 1.29 is 44.1 Å². The van der Waals surface area contributed by atoms with Crippen LogP contribution >= 0.6 is 0 Å². The minimum atomic E-state index is -1.70. The van der Waals surface area contributed by atoms with Gasteiger partial charge in [-0.1, -0.05) is 0 Å². The Balaban J connectivity index is 5.34. The van der Waals surface area contributed by atoms with Gasteiger partial charge in [-0.2, -0.15) is 0 Å². The van der Waals surface area contributed by atoms with Crippen molar-refractivity contribution >= 4 is 35.5 Å². The molecule has 0 aliphatic carbocycles. The van der Waals surface area contributed by atoms with Gasteiger partial charge in [0.15, 0.2) is 0 Å². The molecule has 0 aliphatic heterocycles. The number of hydrogen-bond acceptors (Lipinski definition) is 9. The van der Waals surface area contributed by atoms with Crippen LogP contribution in [0.3, 0.4) is 0 Å². The van der Waals surface area contributed by atoms with Crippen LogP contribution in [0.15, 0.2) is 0 Å². The zero-order chi connectivity index (χ0) is 23.4. The van der Waals surface area contributed by atoms with Crippen LogP contribution in [-0.2, 0) is 28.8 Å². The predicted octanol–water partition coefficient (Wildman–Crippen LogP) is -6.02. The second-order valence-electron chi connectivity index (χ2n) is 6.17. The maximum Gasteiger partial charge on any atom is 0.326 e. The van der Waals surface area contributed by atoms with Crippen LogP contribution in [0.5, 0.6) is 0 Å². The molecule has 0 saturated carbocycles. The first-order chi connectivity index (χ1) is 13.9. The van der Waals surface area contributed by atoms with Gasteiger partial charge in [0.2, 0.25) is 29.5 Å². The Morgan fingerprint density at radius 2 is 1.23 bits per heavy atom. The third kappa shape index (κ3) is 9.76. The molecule has 0 aromatic rings. The predicted molar refractivity (Wildman–Crippen MR) is 97.8 cm³/mol. The summed E-state index contributed by atoms with van der Waals surface area (Å²) in [5, 5.41) is 33.4. The summed E-state index contributed by atoms with van der Waals surface area (Å²) >= 11 is 0. The van der Waals surface area contributed by atoms with Gasteiger partial charge < -0.3 is 48.5 Å². The Morgan fingerprint density at radius 1 is 0.733 bits per heavy atom. The first-order valence-corrected chi connectivity index (χ1v) is 8.60. The number of hydrogen-bond donors (Lipinski definition) is 9. The number of carboxylic acid groups (broad SMARTS) is 1. The maximum absolute atomic E-state index is 12.4. The highest BCUT2D eigenvalue weighted by Crippen LogP contribution is 2.02. The minimum Gasteiger partial charge on any atom is -0.480 e. The van der Waals surface area contributed by atoms with E-state index >= 15 is 0 Å². The zero-order valence-corrected chi connectivity index (χ0v) is 15.9. The molecule has 0 saturated heterocycles. The Hall–Kier alpha value is -3.30. The van der Waals surface area contributed by atoms with Crippen molar-refractivity contribution in [3.05, 3.63) is 0 Å². The van der Waals surface area contributed by atoms with Crippen LogP contribution in [0.1, 0.15) is 19.3 Å². The number of nitrogens with one attached hydrogen (secondary N) is 3. The number of amides is 5. The molecule has 15 nitrogen and oxygen atoms in total. The number of carbonyl (C=O) groups is 6. The molecule has 5 amide bonds. The number of aliphatic hydroxyl groups is 2. The number of aliphatic carboxylic acids is 1. The smallest absolute Gasteiger partial charge is 0.326 e. The lowest BCUT2D eigenvalue weighted by molar-refractivity contribution is -0.144. The molecular weight excluding hydrogens is 408 g/mol. The number of nitrogens with two attached hydrogens (primary N) is 3. The van der Waals surface area contributed by atoms with Gasteiger partial charge in [0.25, 0.3) is 0 Å². The van der Waals surface area contributed by atoms with Crippen LogP contribution < -0.4 is 33.2 Å². The van der Waals surface area contributed by atoms with E-state index in [1.807, 2.05) is 10.6 Å². The Bertz CT molecular complexity index is 671. The summed E-state index contributed by atoms with van der Waals surface area (Å²) in [6.45, 7) is -1.63. The minimum absolute atomic E-state index is 0.349. The van der Waals surface area contributed by atoms with E-state index in [9.17, 15) is 33.9 Å². The summed E-state index contributed by atoms with van der Waals surface area (Å²) in [7, 11) is 0. The van der Waals surface area contributed by atoms with Gasteiger partial charge in [-0.15, -0.1) is 0 Å². The number of aliphatic hydroxyl groups excluding tert-OH is 2. The van der Waals surface area contributed by atoms with Gasteiger partial charge in [0, 0.05) is 6.42 Å². The van der Waals surface area contributed by atoms with E-state index in [0.717, 1.165) is 0 Å². The summed E-state index contributed by atoms with van der Waals surface area (Å²) < 4.78 is 0. The van der Waals surface area contributed by atoms with Gasteiger partial charge in [0.1, 0.15) is 24.2 Å². The first-order valence-electron chi connectivity index (χ1n) is 8.60. The lowest BCUT2D eigenvalue weighted by atomic mass is 10.1. The van der Waals surface area contributed by atoms with Crippen molar-refractivity contribution in [3.63, 3.8) is 0 Å². The topological polar surface area (TPSA) is 277 Å². The van der Waals surface area contributed by atoms with Crippen molar-refractivity contribution in [3.8, 4) is 0 Å². The standard InChI is InChI=1S/C15H26N6O9/c16-6(4-22)12(26)21-9(5-23)14(28)19-7(1-2-10(17)24)13(27)20-8(15(29)30)3-11(18)25/h6-9,22-23H,1-5,16H2,(H2,17,24)(H2,18,25)(H,19,28)(H,20,27)(H,21,26)(H,29,30). The molecule has 0 fully saturated rings. The van der Waals surface area contributed by atoms with Gasteiger partial charge in [-0.05, 0) is 6.42 Å². The molecule has 0 aromatic heterocycles. The average molecular weight is 434 g/mol. The molecule has 15 heteroatoms. The van der Waals surface area contributed by atoms with E-state index in [1.54, 1.807) is 0 Å². The molecule has 0 bridgehead atoms. The monoisotopic (exact) mass is 434 g/mol. The quantitative estimate of drug-likeness (QED) is 0.125. The number of primary amides is 2.